The third-order valence-electron chi connectivity index (χ3n) is 5.56. The van der Waals surface area contributed by atoms with Crippen molar-refractivity contribution in [2.45, 2.75) is 31.9 Å². The van der Waals surface area contributed by atoms with E-state index >= 15 is 0 Å². The Kier molecular flexibility index (Phi) is 5.71. The van der Waals surface area contributed by atoms with Gasteiger partial charge in [0, 0.05) is 48.7 Å². The monoisotopic (exact) mass is 426 g/mol. The lowest BCUT2D eigenvalue weighted by Crippen LogP contribution is -2.38. The third-order valence-corrected chi connectivity index (χ3v) is 5.56. The highest BCUT2D eigenvalue weighted by Gasteiger charge is 2.31. The summed E-state index contributed by atoms with van der Waals surface area (Å²) in [7, 11) is 0. The molecular weight excluding hydrogens is 405 g/mol. The maximum absolute atomic E-state index is 12.8. The zero-order valence-electron chi connectivity index (χ0n) is 16.9. The molecule has 0 radical (unpaired) electrons. The molecule has 0 unspecified atom stereocenters. The van der Waals surface area contributed by atoms with Gasteiger partial charge in [-0.15, -0.1) is 0 Å². The number of aryl methyl sites for hydroxylation is 1. The second kappa shape index (κ2) is 8.45. The van der Waals surface area contributed by atoms with Crippen molar-refractivity contribution >= 4 is 5.91 Å². The van der Waals surface area contributed by atoms with Crippen molar-refractivity contribution in [1.82, 2.24) is 19.9 Å². The van der Waals surface area contributed by atoms with Crippen LogP contribution in [0, 0.1) is 6.92 Å². The van der Waals surface area contributed by atoms with Gasteiger partial charge in [0.1, 0.15) is 5.82 Å². The molecular formula is C23H21F3N4O. The van der Waals surface area contributed by atoms with Gasteiger partial charge in [-0.1, -0.05) is 0 Å². The summed E-state index contributed by atoms with van der Waals surface area (Å²) in [5, 5.41) is 0. The van der Waals surface area contributed by atoms with Crippen LogP contribution in [-0.2, 0) is 6.18 Å². The Balaban J connectivity index is 1.48. The minimum Gasteiger partial charge on any atom is -0.339 e. The van der Waals surface area contributed by atoms with E-state index in [9.17, 15) is 18.0 Å². The molecule has 3 aromatic rings. The van der Waals surface area contributed by atoms with Crippen LogP contribution in [0.25, 0.3) is 11.1 Å². The first-order chi connectivity index (χ1) is 14.8. The van der Waals surface area contributed by atoms with E-state index in [-0.39, 0.29) is 17.4 Å². The highest BCUT2D eigenvalue weighted by Crippen LogP contribution is 2.34. The molecule has 1 saturated heterocycles. The molecule has 31 heavy (non-hydrogen) atoms. The number of hydrogen-bond donors (Lipinski definition) is 0. The summed E-state index contributed by atoms with van der Waals surface area (Å²) in [6.45, 7) is 2.88. The van der Waals surface area contributed by atoms with Crippen molar-refractivity contribution in [3.8, 4) is 11.1 Å². The first kappa shape index (κ1) is 21.0. The molecule has 3 heterocycles. The number of benzene rings is 1. The number of nitrogens with zero attached hydrogens (tertiary/aromatic N) is 4. The largest absolute Gasteiger partial charge is 0.416 e. The van der Waals surface area contributed by atoms with E-state index in [2.05, 4.69) is 9.97 Å². The van der Waals surface area contributed by atoms with Gasteiger partial charge in [0.15, 0.2) is 0 Å². The van der Waals surface area contributed by atoms with Gasteiger partial charge in [-0.05, 0) is 61.7 Å². The van der Waals surface area contributed by atoms with Gasteiger partial charge in [-0.2, -0.15) is 13.2 Å². The maximum Gasteiger partial charge on any atom is 0.416 e. The van der Waals surface area contributed by atoms with Crippen molar-refractivity contribution in [3.05, 3.63) is 77.6 Å². The summed E-state index contributed by atoms with van der Waals surface area (Å²) >= 11 is 0. The lowest BCUT2D eigenvalue weighted by Gasteiger charge is -2.32. The number of amides is 1. The molecule has 0 bridgehead atoms. The molecule has 160 valence electrons. The number of hydrogen-bond acceptors (Lipinski definition) is 4. The Bertz CT molecular complexity index is 1060. The standard InChI is InChI=1S/C23H21F3N4O/c1-15-28-14-20(16-6-10-27-11-7-16)21(29-15)17-8-12-30(13-9-17)22(31)18-2-4-19(5-3-18)23(24,25)26/h2-7,10-11,14,17H,8-9,12-13H2,1H3. The topological polar surface area (TPSA) is 59.0 Å². The van der Waals surface area contributed by atoms with E-state index < -0.39 is 11.7 Å². The summed E-state index contributed by atoms with van der Waals surface area (Å²) in [5.41, 5.74) is 2.42. The number of likely N-dealkylation sites (tertiary alicyclic amines) is 1. The van der Waals surface area contributed by atoms with Crippen LogP contribution in [0.4, 0.5) is 13.2 Å². The van der Waals surface area contributed by atoms with E-state index in [1.54, 1.807) is 17.3 Å². The van der Waals surface area contributed by atoms with Gasteiger partial charge in [-0.3, -0.25) is 9.78 Å². The van der Waals surface area contributed by atoms with Crippen molar-refractivity contribution < 1.29 is 18.0 Å². The fourth-order valence-corrected chi connectivity index (χ4v) is 3.89. The molecule has 8 heteroatoms. The molecule has 1 amide bonds. The highest BCUT2D eigenvalue weighted by molar-refractivity contribution is 5.94. The van der Waals surface area contributed by atoms with Crippen LogP contribution in [0.2, 0.25) is 0 Å². The van der Waals surface area contributed by atoms with E-state index in [0.717, 1.165) is 41.8 Å². The van der Waals surface area contributed by atoms with Crippen LogP contribution in [0.3, 0.4) is 0 Å². The fraction of sp³-hybridized carbons (Fsp3) is 0.304. The highest BCUT2D eigenvalue weighted by atomic mass is 19.4. The molecule has 0 N–H and O–H groups in total. The van der Waals surface area contributed by atoms with Gasteiger partial charge < -0.3 is 4.90 Å². The number of carbonyl (C=O) groups is 1. The van der Waals surface area contributed by atoms with E-state index in [4.69, 9.17) is 4.98 Å². The molecule has 1 aromatic carbocycles. The smallest absolute Gasteiger partial charge is 0.339 e. The first-order valence-electron chi connectivity index (χ1n) is 10.0. The molecule has 0 atom stereocenters. The Morgan fingerprint density at radius 2 is 1.68 bits per heavy atom. The van der Waals surface area contributed by atoms with E-state index in [0.29, 0.717) is 18.9 Å². The molecule has 1 aliphatic heterocycles. The maximum atomic E-state index is 12.8. The van der Waals surface area contributed by atoms with Gasteiger partial charge in [-0.25, -0.2) is 9.97 Å². The predicted octanol–water partition coefficient (Wildman–Crippen LogP) is 4.89. The zero-order valence-corrected chi connectivity index (χ0v) is 16.9. The summed E-state index contributed by atoms with van der Waals surface area (Å²) in [5.74, 6) is 0.609. The van der Waals surface area contributed by atoms with Crippen molar-refractivity contribution in [1.29, 1.82) is 0 Å². The normalized spacial score (nSPS) is 15.2. The molecule has 5 nitrogen and oxygen atoms in total. The molecule has 1 fully saturated rings. The number of aromatic nitrogens is 3. The minimum atomic E-state index is -4.41. The Morgan fingerprint density at radius 1 is 1.03 bits per heavy atom. The average Bonchev–Trinajstić information content (AvgIpc) is 2.79. The van der Waals surface area contributed by atoms with Crippen LogP contribution in [0.5, 0.6) is 0 Å². The SMILES string of the molecule is Cc1ncc(-c2ccncc2)c(C2CCN(C(=O)c3ccc(C(F)(F)F)cc3)CC2)n1. The summed E-state index contributed by atoms with van der Waals surface area (Å²) in [6.07, 6.45) is 2.31. The van der Waals surface area contributed by atoms with Crippen LogP contribution in [0.1, 0.15) is 46.2 Å². The summed E-state index contributed by atoms with van der Waals surface area (Å²) in [6, 6.07) is 8.22. The molecule has 2 aromatic heterocycles. The van der Waals surface area contributed by atoms with Crippen molar-refractivity contribution in [3.63, 3.8) is 0 Å². The first-order valence-corrected chi connectivity index (χ1v) is 10.0. The lowest BCUT2D eigenvalue weighted by molar-refractivity contribution is -0.137. The Labute approximate surface area is 178 Å². The van der Waals surface area contributed by atoms with Crippen LogP contribution >= 0.6 is 0 Å². The third kappa shape index (κ3) is 4.57. The summed E-state index contributed by atoms with van der Waals surface area (Å²) in [4.78, 5) is 27.5. The number of carbonyl (C=O) groups excluding carboxylic acids is 1. The van der Waals surface area contributed by atoms with Crippen LogP contribution in [0.15, 0.2) is 55.0 Å². The molecule has 0 spiro atoms. The average molecular weight is 426 g/mol. The number of pyridine rings is 1. The summed E-state index contributed by atoms with van der Waals surface area (Å²) < 4.78 is 38.3. The quantitative estimate of drug-likeness (QED) is 0.599. The number of halogens is 3. The molecule has 1 aliphatic rings. The van der Waals surface area contributed by atoms with Crippen LogP contribution < -0.4 is 0 Å². The van der Waals surface area contributed by atoms with E-state index in [1.165, 1.54) is 12.1 Å². The molecule has 4 rings (SSSR count). The zero-order chi connectivity index (χ0) is 22.0. The molecule has 0 aliphatic carbocycles. The second-order valence-electron chi connectivity index (χ2n) is 7.59. The van der Waals surface area contributed by atoms with Crippen molar-refractivity contribution in [2.75, 3.05) is 13.1 Å². The number of alkyl halides is 3. The number of rotatable bonds is 3. The Hall–Kier alpha value is -3.29. The molecule has 0 saturated carbocycles. The fourth-order valence-electron chi connectivity index (χ4n) is 3.89. The van der Waals surface area contributed by atoms with Gasteiger partial charge >= 0.3 is 6.18 Å². The lowest BCUT2D eigenvalue weighted by atomic mass is 9.89. The minimum absolute atomic E-state index is 0.168. The Morgan fingerprint density at radius 3 is 2.29 bits per heavy atom. The predicted molar refractivity (Wildman–Crippen MR) is 109 cm³/mol. The van der Waals surface area contributed by atoms with Gasteiger partial charge in [0.05, 0.1) is 11.3 Å². The van der Waals surface area contributed by atoms with E-state index in [1.807, 2.05) is 25.3 Å². The van der Waals surface area contributed by atoms with Gasteiger partial charge in [0.2, 0.25) is 0 Å². The van der Waals surface area contributed by atoms with Gasteiger partial charge in [0.25, 0.3) is 5.91 Å². The van der Waals surface area contributed by atoms with Crippen LogP contribution in [-0.4, -0.2) is 38.8 Å². The number of piperidine rings is 1. The van der Waals surface area contributed by atoms with Crippen molar-refractivity contribution in [2.24, 2.45) is 0 Å². The second-order valence-corrected chi connectivity index (χ2v) is 7.59.